The van der Waals surface area contributed by atoms with Crippen LogP contribution < -0.4 is 4.74 Å². The van der Waals surface area contributed by atoms with Crippen molar-refractivity contribution in [3.63, 3.8) is 0 Å². The lowest BCUT2D eigenvalue weighted by Crippen LogP contribution is -2.17. The van der Waals surface area contributed by atoms with Crippen LogP contribution in [0.5, 0.6) is 5.75 Å². The molecule has 8 heteroatoms. The van der Waals surface area contributed by atoms with Gasteiger partial charge in [-0.3, -0.25) is 0 Å². The lowest BCUT2D eigenvalue weighted by atomic mass is 9.78. The Morgan fingerprint density at radius 1 is 1.12 bits per heavy atom. The third kappa shape index (κ3) is 7.23. The van der Waals surface area contributed by atoms with Crippen molar-refractivity contribution in [1.29, 1.82) is 0 Å². The van der Waals surface area contributed by atoms with E-state index in [2.05, 4.69) is 28.6 Å². The van der Waals surface area contributed by atoms with Crippen molar-refractivity contribution in [2.45, 2.75) is 65.7 Å². The SMILES string of the molecule is CC1(C)CCCCC1.Cc1cc2[nH]c(Cc3ccc(OC(F)(F)F)cc3)nc2cc1C(=O)O. The van der Waals surface area contributed by atoms with Crippen molar-refractivity contribution in [1.82, 2.24) is 9.97 Å². The number of carboxylic acid groups (broad SMARTS) is 1. The maximum atomic E-state index is 12.1. The molecule has 2 N–H and O–H groups in total. The van der Waals surface area contributed by atoms with Gasteiger partial charge < -0.3 is 14.8 Å². The van der Waals surface area contributed by atoms with Crippen LogP contribution in [-0.4, -0.2) is 27.4 Å². The molecule has 0 spiro atoms. The average Bonchev–Trinajstić information content (AvgIpc) is 3.09. The Balaban J connectivity index is 0.000000323. The predicted octanol–water partition coefficient (Wildman–Crippen LogP) is 7.04. The predicted molar refractivity (Wildman–Crippen MR) is 121 cm³/mol. The highest BCUT2D eigenvalue weighted by atomic mass is 19.4. The Hall–Kier alpha value is -3.03. The second-order valence-corrected chi connectivity index (χ2v) is 9.27. The smallest absolute Gasteiger partial charge is 0.478 e. The largest absolute Gasteiger partial charge is 0.573 e. The Labute approximate surface area is 191 Å². The third-order valence-corrected chi connectivity index (χ3v) is 5.84. The fourth-order valence-electron chi connectivity index (χ4n) is 4.04. The van der Waals surface area contributed by atoms with Crippen molar-refractivity contribution < 1.29 is 27.8 Å². The minimum Gasteiger partial charge on any atom is -0.478 e. The number of nitrogens with zero attached hydrogens (tertiary/aromatic N) is 1. The molecule has 33 heavy (non-hydrogen) atoms. The van der Waals surface area contributed by atoms with E-state index >= 15 is 0 Å². The zero-order chi connectivity index (χ0) is 24.2. The van der Waals surface area contributed by atoms with Crippen LogP contribution in [0.1, 0.15) is 73.3 Å². The van der Waals surface area contributed by atoms with E-state index < -0.39 is 12.3 Å². The van der Waals surface area contributed by atoms with Gasteiger partial charge in [-0.1, -0.05) is 45.2 Å². The molecule has 178 valence electrons. The van der Waals surface area contributed by atoms with Crippen molar-refractivity contribution in [2.24, 2.45) is 5.41 Å². The lowest BCUT2D eigenvalue weighted by molar-refractivity contribution is -0.274. The van der Waals surface area contributed by atoms with Gasteiger partial charge in [0.25, 0.3) is 0 Å². The molecule has 0 bridgehead atoms. The van der Waals surface area contributed by atoms with Gasteiger partial charge in [-0.05, 0) is 60.6 Å². The monoisotopic (exact) mass is 462 g/mol. The third-order valence-electron chi connectivity index (χ3n) is 5.84. The zero-order valence-electron chi connectivity index (χ0n) is 19.1. The van der Waals surface area contributed by atoms with E-state index in [9.17, 15) is 18.0 Å². The van der Waals surface area contributed by atoms with E-state index in [1.807, 2.05) is 0 Å². The number of fused-ring (bicyclic) bond motifs is 1. The first-order valence-electron chi connectivity index (χ1n) is 11.0. The quantitative estimate of drug-likeness (QED) is 0.436. The molecule has 1 saturated carbocycles. The molecule has 1 fully saturated rings. The molecule has 0 radical (unpaired) electrons. The standard InChI is InChI=1S/C17H13F3N2O3.C8H16/c1-9-6-13-14(8-12(9)16(23)24)22-15(21-13)7-10-2-4-11(5-3-10)25-17(18,19)20;1-8(2)6-4-3-5-7-8/h2-6,8H,7H2,1H3,(H,21,22)(H,23,24);3-7H2,1-2H3. The van der Waals surface area contributed by atoms with Crippen LogP contribution in [0, 0.1) is 12.3 Å². The summed E-state index contributed by atoms with van der Waals surface area (Å²) in [6.07, 6.45) is 2.95. The normalized spacial score (nSPS) is 15.6. The molecule has 1 aliphatic rings. The molecule has 0 atom stereocenters. The number of hydrogen-bond donors (Lipinski definition) is 2. The number of benzene rings is 2. The number of nitrogens with one attached hydrogen (secondary N) is 1. The molecule has 1 heterocycles. The summed E-state index contributed by atoms with van der Waals surface area (Å²) in [5.41, 5.74) is 3.44. The summed E-state index contributed by atoms with van der Waals surface area (Å²) >= 11 is 0. The molecule has 5 nitrogen and oxygen atoms in total. The Morgan fingerprint density at radius 2 is 1.76 bits per heavy atom. The van der Waals surface area contributed by atoms with Gasteiger partial charge >= 0.3 is 12.3 Å². The highest BCUT2D eigenvalue weighted by Gasteiger charge is 2.31. The fourth-order valence-corrected chi connectivity index (χ4v) is 4.04. The van der Waals surface area contributed by atoms with E-state index in [1.54, 1.807) is 13.0 Å². The molecule has 2 aromatic carbocycles. The van der Waals surface area contributed by atoms with Crippen LogP contribution in [-0.2, 0) is 6.42 Å². The van der Waals surface area contributed by atoms with Crippen molar-refractivity contribution >= 4 is 17.0 Å². The number of halogens is 3. The van der Waals surface area contributed by atoms with Crippen LogP contribution in [0.15, 0.2) is 36.4 Å². The second kappa shape index (κ2) is 9.85. The summed E-state index contributed by atoms with van der Waals surface area (Å²) in [6, 6.07) is 8.70. The topological polar surface area (TPSA) is 75.2 Å². The van der Waals surface area contributed by atoms with E-state index in [4.69, 9.17) is 5.11 Å². The minimum atomic E-state index is -4.72. The number of imidazole rings is 1. The highest BCUT2D eigenvalue weighted by Crippen LogP contribution is 2.34. The first-order chi connectivity index (χ1) is 15.4. The van der Waals surface area contributed by atoms with Gasteiger partial charge in [0.05, 0.1) is 16.6 Å². The van der Waals surface area contributed by atoms with Crippen LogP contribution >= 0.6 is 0 Å². The molecule has 0 unspecified atom stereocenters. The van der Waals surface area contributed by atoms with Crippen LogP contribution in [0.25, 0.3) is 11.0 Å². The van der Waals surface area contributed by atoms with Gasteiger partial charge in [0.2, 0.25) is 0 Å². The van der Waals surface area contributed by atoms with Crippen molar-refractivity contribution in [2.75, 3.05) is 0 Å². The molecular weight excluding hydrogens is 433 g/mol. The number of alkyl halides is 3. The van der Waals surface area contributed by atoms with Gasteiger partial charge in [0.1, 0.15) is 11.6 Å². The molecule has 0 amide bonds. The number of hydrogen-bond acceptors (Lipinski definition) is 3. The number of ether oxygens (including phenoxy) is 1. The number of aromatic amines is 1. The number of aromatic nitrogens is 2. The van der Waals surface area contributed by atoms with Crippen LogP contribution in [0.4, 0.5) is 13.2 Å². The molecular formula is C25H29F3N2O3. The maximum absolute atomic E-state index is 12.1. The van der Waals surface area contributed by atoms with Crippen LogP contribution in [0.2, 0.25) is 0 Å². The van der Waals surface area contributed by atoms with E-state index in [1.165, 1.54) is 62.4 Å². The van der Waals surface area contributed by atoms with Gasteiger partial charge in [-0.25, -0.2) is 9.78 Å². The van der Waals surface area contributed by atoms with Crippen LogP contribution in [0.3, 0.4) is 0 Å². The first-order valence-corrected chi connectivity index (χ1v) is 11.0. The summed E-state index contributed by atoms with van der Waals surface area (Å²) in [6.45, 7) is 6.46. The molecule has 0 aliphatic heterocycles. The van der Waals surface area contributed by atoms with Gasteiger partial charge in [-0.2, -0.15) is 0 Å². The number of carbonyl (C=O) groups is 1. The number of aryl methyl sites for hydroxylation is 1. The number of carboxylic acids is 1. The molecule has 0 saturated heterocycles. The lowest BCUT2D eigenvalue weighted by Gasteiger charge is -2.28. The summed E-state index contributed by atoms with van der Waals surface area (Å²) in [7, 11) is 0. The van der Waals surface area contributed by atoms with Gasteiger partial charge in [0, 0.05) is 6.42 Å². The van der Waals surface area contributed by atoms with Crippen molar-refractivity contribution in [3.8, 4) is 5.75 Å². The molecule has 3 aromatic rings. The number of aromatic carboxylic acids is 1. The number of rotatable bonds is 4. The first kappa shape index (κ1) is 24.6. The summed E-state index contributed by atoms with van der Waals surface area (Å²) in [5, 5.41) is 9.14. The minimum absolute atomic E-state index is 0.180. The van der Waals surface area contributed by atoms with Gasteiger partial charge in [0.15, 0.2) is 0 Å². The fraction of sp³-hybridized carbons (Fsp3) is 0.440. The molecule has 4 rings (SSSR count). The summed E-state index contributed by atoms with van der Waals surface area (Å²) in [4.78, 5) is 18.6. The van der Waals surface area contributed by atoms with E-state index in [0.29, 0.717) is 34.3 Å². The average molecular weight is 463 g/mol. The highest BCUT2D eigenvalue weighted by molar-refractivity contribution is 5.94. The molecule has 1 aromatic heterocycles. The van der Waals surface area contributed by atoms with Gasteiger partial charge in [-0.15, -0.1) is 13.2 Å². The second-order valence-electron chi connectivity index (χ2n) is 9.27. The van der Waals surface area contributed by atoms with E-state index in [-0.39, 0.29) is 11.3 Å². The van der Waals surface area contributed by atoms with E-state index in [0.717, 1.165) is 5.56 Å². The summed E-state index contributed by atoms with van der Waals surface area (Å²) in [5.74, 6) is -0.729. The molecule has 1 aliphatic carbocycles. The summed E-state index contributed by atoms with van der Waals surface area (Å²) < 4.78 is 40.3. The Morgan fingerprint density at radius 3 is 2.27 bits per heavy atom. The van der Waals surface area contributed by atoms with Crippen molar-refractivity contribution in [3.05, 3.63) is 58.9 Å². The zero-order valence-corrected chi connectivity index (χ0v) is 19.1. The Kier molecular flexibility index (Phi) is 7.34. The maximum Gasteiger partial charge on any atom is 0.573 e. The Bertz CT molecular complexity index is 1090. The number of H-pyrrole nitrogens is 1.